The number of amides is 3. The van der Waals surface area contributed by atoms with E-state index in [9.17, 15) is 9.59 Å². The molecule has 4 rings (SSSR count). The van der Waals surface area contributed by atoms with E-state index in [0.29, 0.717) is 25.1 Å². The minimum atomic E-state index is -0.370. The van der Waals surface area contributed by atoms with Crippen molar-refractivity contribution >= 4 is 12.1 Å². The number of cyclic esters (lactones) is 1. The highest BCUT2D eigenvalue weighted by atomic mass is 16.6. The van der Waals surface area contributed by atoms with Crippen molar-refractivity contribution in [3.63, 3.8) is 0 Å². The summed E-state index contributed by atoms with van der Waals surface area (Å²) in [5.74, 6) is 0. The molecule has 0 aromatic rings. The first-order valence-electron chi connectivity index (χ1n) is 6.30. The zero-order valence-electron chi connectivity index (χ0n) is 10.1. The number of likely N-dealkylation sites (tertiary alicyclic amines) is 2. The van der Waals surface area contributed by atoms with Crippen LogP contribution < -0.4 is 10.6 Å². The average Bonchev–Trinajstić information content (AvgIpc) is 2.53. The molecule has 0 aromatic carbocycles. The predicted octanol–water partition coefficient (Wildman–Crippen LogP) is -1.19. The van der Waals surface area contributed by atoms with Gasteiger partial charge in [0.15, 0.2) is 0 Å². The molecule has 4 aliphatic heterocycles. The summed E-state index contributed by atoms with van der Waals surface area (Å²) >= 11 is 0. The van der Waals surface area contributed by atoms with Crippen LogP contribution >= 0.6 is 0 Å². The topological polar surface area (TPSA) is 73.9 Å². The maximum atomic E-state index is 12.1. The quantitative estimate of drug-likeness (QED) is 0.568. The largest absolute Gasteiger partial charge is 0.447 e. The van der Waals surface area contributed by atoms with Gasteiger partial charge in [0, 0.05) is 31.6 Å². The number of rotatable bonds is 0. The smallest absolute Gasteiger partial charge is 0.407 e. The fourth-order valence-electron chi connectivity index (χ4n) is 3.28. The fraction of sp³-hybridized carbons (Fsp3) is 0.818. The van der Waals surface area contributed by atoms with Crippen LogP contribution in [0.25, 0.3) is 0 Å². The summed E-state index contributed by atoms with van der Waals surface area (Å²) in [6.45, 7) is 5.31. The van der Waals surface area contributed by atoms with Crippen LogP contribution in [0.15, 0.2) is 0 Å². The van der Waals surface area contributed by atoms with Crippen molar-refractivity contribution in [2.75, 3.05) is 45.9 Å². The molecule has 0 saturated carbocycles. The van der Waals surface area contributed by atoms with Crippen molar-refractivity contribution in [1.82, 2.24) is 20.4 Å². The van der Waals surface area contributed by atoms with Crippen LogP contribution in [0.5, 0.6) is 0 Å². The Morgan fingerprint density at radius 1 is 1.17 bits per heavy atom. The fourth-order valence-corrected chi connectivity index (χ4v) is 3.28. The Balaban J connectivity index is 1.31. The number of carbonyl (C=O) groups excluding carboxylic acids is 2. The first-order valence-corrected chi connectivity index (χ1v) is 6.30. The van der Waals surface area contributed by atoms with E-state index in [4.69, 9.17) is 4.74 Å². The van der Waals surface area contributed by atoms with E-state index in [2.05, 4.69) is 10.6 Å². The molecule has 0 aliphatic carbocycles. The first-order chi connectivity index (χ1) is 8.60. The molecule has 18 heavy (non-hydrogen) atoms. The highest BCUT2D eigenvalue weighted by molar-refractivity contribution is 5.78. The van der Waals surface area contributed by atoms with Gasteiger partial charge in [-0.2, -0.15) is 0 Å². The molecule has 0 unspecified atom stereocenters. The van der Waals surface area contributed by atoms with Crippen LogP contribution in [0, 0.1) is 5.41 Å². The van der Waals surface area contributed by atoms with E-state index < -0.39 is 0 Å². The lowest BCUT2D eigenvalue weighted by molar-refractivity contribution is -0.0356. The van der Waals surface area contributed by atoms with Crippen molar-refractivity contribution in [2.45, 2.75) is 5.54 Å². The van der Waals surface area contributed by atoms with Crippen molar-refractivity contribution in [1.29, 1.82) is 0 Å². The van der Waals surface area contributed by atoms with Gasteiger partial charge in [-0.05, 0) is 0 Å². The lowest BCUT2D eigenvalue weighted by Gasteiger charge is -2.58. The summed E-state index contributed by atoms with van der Waals surface area (Å²) in [5.41, 5.74) is 0.0518. The van der Waals surface area contributed by atoms with Gasteiger partial charge in [-0.15, -0.1) is 0 Å². The Kier molecular flexibility index (Phi) is 1.79. The van der Waals surface area contributed by atoms with Crippen LogP contribution in [0.4, 0.5) is 9.59 Å². The number of nitrogens with zero attached hydrogens (tertiary/aromatic N) is 2. The molecule has 4 fully saturated rings. The van der Waals surface area contributed by atoms with Gasteiger partial charge in [0.05, 0.1) is 13.1 Å². The van der Waals surface area contributed by atoms with Crippen LogP contribution in [0.2, 0.25) is 0 Å². The van der Waals surface area contributed by atoms with Crippen LogP contribution in [0.3, 0.4) is 0 Å². The Labute approximate surface area is 104 Å². The second kappa shape index (κ2) is 3.09. The molecule has 4 aliphatic rings. The van der Waals surface area contributed by atoms with Gasteiger partial charge in [-0.25, -0.2) is 9.59 Å². The van der Waals surface area contributed by atoms with E-state index in [1.165, 1.54) is 0 Å². The molecule has 4 saturated heterocycles. The van der Waals surface area contributed by atoms with Crippen molar-refractivity contribution in [3.05, 3.63) is 0 Å². The van der Waals surface area contributed by atoms with Crippen molar-refractivity contribution in [3.8, 4) is 0 Å². The summed E-state index contributed by atoms with van der Waals surface area (Å²) in [7, 11) is 0. The summed E-state index contributed by atoms with van der Waals surface area (Å²) < 4.78 is 4.89. The minimum absolute atomic E-state index is 0.0966. The third kappa shape index (κ3) is 1.28. The Hall–Kier alpha value is -1.50. The Bertz CT molecular complexity index is 420. The lowest BCUT2D eigenvalue weighted by Crippen LogP contribution is -2.77. The van der Waals surface area contributed by atoms with E-state index in [1.54, 1.807) is 4.90 Å². The third-order valence-corrected chi connectivity index (χ3v) is 4.43. The summed E-state index contributed by atoms with van der Waals surface area (Å²) in [6, 6.07) is 0.0966. The minimum Gasteiger partial charge on any atom is -0.447 e. The molecule has 0 radical (unpaired) electrons. The van der Waals surface area contributed by atoms with E-state index >= 15 is 0 Å². The molecule has 3 amide bonds. The van der Waals surface area contributed by atoms with E-state index in [1.807, 2.05) is 4.90 Å². The second-order valence-corrected chi connectivity index (χ2v) is 6.08. The Morgan fingerprint density at radius 3 is 2.33 bits per heavy atom. The van der Waals surface area contributed by atoms with Gasteiger partial charge in [-0.1, -0.05) is 0 Å². The number of nitrogens with one attached hydrogen (secondary N) is 2. The lowest BCUT2D eigenvalue weighted by atomic mass is 9.74. The number of carbonyl (C=O) groups is 2. The average molecular weight is 252 g/mol. The maximum Gasteiger partial charge on any atom is 0.407 e. The van der Waals surface area contributed by atoms with Gasteiger partial charge in [0.1, 0.15) is 12.1 Å². The highest BCUT2D eigenvalue weighted by Gasteiger charge is 2.55. The predicted molar refractivity (Wildman–Crippen MR) is 61.1 cm³/mol. The van der Waals surface area contributed by atoms with Gasteiger partial charge in [0.2, 0.25) is 0 Å². The van der Waals surface area contributed by atoms with Gasteiger partial charge in [0.25, 0.3) is 0 Å². The first kappa shape index (κ1) is 10.4. The molecule has 0 bridgehead atoms. The zero-order valence-corrected chi connectivity index (χ0v) is 10.1. The van der Waals surface area contributed by atoms with Crippen LogP contribution in [-0.4, -0.2) is 73.3 Å². The molecule has 98 valence electrons. The molecule has 2 N–H and O–H groups in total. The summed E-state index contributed by atoms with van der Waals surface area (Å²) in [5, 5.41) is 6.03. The number of urea groups is 1. The number of ether oxygens (including phenoxy) is 1. The summed E-state index contributed by atoms with van der Waals surface area (Å²) in [4.78, 5) is 26.8. The molecule has 0 atom stereocenters. The number of alkyl carbamates (subject to hydrolysis) is 1. The van der Waals surface area contributed by atoms with E-state index in [0.717, 1.165) is 26.2 Å². The molecule has 2 spiro atoms. The maximum absolute atomic E-state index is 12.1. The zero-order chi connectivity index (χ0) is 12.4. The molecule has 7 heteroatoms. The molecule has 0 aromatic heterocycles. The number of hydrogen-bond donors (Lipinski definition) is 2. The standard InChI is InChI=1S/C11H16N4O3/c16-8-13-11(7-18-8)5-15(6-11)9(17)14-3-10(4-14)1-12-2-10/h12H,1-7H2,(H,13,16). The van der Waals surface area contributed by atoms with Crippen LogP contribution in [-0.2, 0) is 4.74 Å². The molecular formula is C11H16N4O3. The third-order valence-electron chi connectivity index (χ3n) is 4.43. The van der Waals surface area contributed by atoms with Gasteiger partial charge in [-0.3, -0.25) is 0 Å². The molecule has 7 nitrogen and oxygen atoms in total. The van der Waals surface area contributed by atoms with E-state index in [-0.39, 0.29) is 17.7 Å². The molecule has 4 heterocycles. The van der Waals surface area contributed by atoms with Crippen LogP contribution in [0.1, 0.15) is 0 Å². The van der Waals surface area contributed by atoms with Crippen molar-refractivity contribution in [2.24, 2.45) is 5.41 Å². The Morgan fingerprint density at radius 2 is 1.83 bits per heavy atom. The normalized spacial score (nSPS) is 30.3. The number of hydrogen-bond acceptors (Lipinski definition) is 4. The van der Waals surface area contributed by atoms with Crippen molar-refractivity contribution < 1.29 is 14.3 Å². The monoisotopic (exact) mass is 252 g/mol. The van der Waals surface area contributed by atoms with Gasteiger partial charge >= 0.3 is 12.1 Å². The molecular weight excluding hydrogens is 236 g/mol. The summed E-state index contributed by atoms with van der Waals surface area (Å²) in [6.07, 6.45) is -0.370. The highest BCUT2D eigenvalue weighted by Crippen LogP contribution is 2.36. The second-order valence-electron chi connectivity index (χ2n) is 6.08. The van der Waals surface area contributed by atoms with Gasteiger partial charge < -0.3 is 25.2 Å². The SMILES string of the molecule is O=C1NC2(CO1)CN(C(=O)N1CC3(CNC3)C1)C2.